The highest BCUT2D eigenvalue weighted by atomic mass is 16.1. The van der Waals surface area contributed by atoms with Crippen LogP contribution >= 0.6 is 0 Å². The lowest BCUT2D eigenvalue weighted by molar-refractivity contribution is 0.0824. The van der Waals surface area contributed by atoms with E-state index in [1.807, 2.05) is 19.9 Å². The van der Waals surface area contributed by atoms with Gasteiger partial charge in [0, 0.05) is 11.6 Å². The molecule has 1 heterocycles. The van der Waals surface area contributed by atoms with Crippen LogP contribution in [-0.2, 0) is 0 Å². The van der Waals surface area contributed by atoms with Crippen molar-refractivity contribution in [3.63, 3.8) is 0 Å². The zero-order valence-electron chi connectivity index (χ0n) is 8.66. The first-order valence-corrected chi connectivity index (χ1v) is 4.74. The lowest BCUT2D eigenvalue weighted by Gasteiger charge is -2.21. The largest absolute Gasteiger partial charge is 0.330 e. The molecule has 0 aliphatic rings. The van der Waals surface area contributed by atoms with Crippen molar-refractivity contribution in [3.05, 3.63) is 30.1 Å². The minimum atomic E-state index is -0.414. The zero-order chi connectivity index (χ0) is 10.6. The van der Waals surface area contributed by atoms with Gasteiger partial charge in [-0.05, 0) is 25.1 Å². The highest BCUT2D eigenvalue weighted by Gasteiger charge is 2.28. The van der Waals surface area contributed by atoms with Gasteiger partial charge in [0.15, 0.2) is 5.78 Å². The molecular formula is C11H16N2O. The number of ketones is 1. The van der Waals surface area contributed by atoms with Gasteiger partial charge in [-0.3, -0.25) is 9.78 Å². The van der Waals surface area contributed by atoms with Gasteiger partial charge in [0.1, 0.15) is 5.69 Å². The minimum absolute atomic E-state index is 0.0588. The molecule has 0 aromatic carbocycles. The molecule has 1 rings (SSSR count). The second kappa shape index (κ2) is 4.33. The maximum Gasteiger partial charge on any atom is 0.186 e. The predicted molar refractivity (Wildman–Crippen MR) is 56.0 cm³/mol. The van der Waals surface area contributed by atoms with Crippen molar-refractivity contribution in [2.75, 3.05) is 6.54 Å². The summed E-state index contributed by atoms with van der Waals surface area (Å²) in [6.45, 7) is 4.32. The Labute approximate surface area is 84.3 Å². The van der Waals surface area contributed by atoms with Gasteiger partial charge < -0.3 is 5.73 Å². The number of rotatable bonds is 4. The van der Waals surface area contributed by atoms with Crippen molar-refractivity contribution < 1.29 is 4.79 Å². The monoisotopic (exact) mass is 192 g/mol. The summed E-state index contributed by atoms with van der Waals surface area (Å²) < 4.78 is 0. The smallest absolute Gasteiger partial charge is 0.186 e. The second-order valence-electron chi connectivity index (χ2n) is 3.97. The van der Waals surface area contributed by atoms with Crippen molar-refractivity contribution >= 4 is 5.78 Å². The van der Waals surface area contributed by atoms with Crippen molar-refractivity contribution in [2.24, 2.45) is 11.1 Å². The minimum Gasteiger partial charge on any atom is -0.330 e. The van der Waals surface area contributed by atoms with E-state index in [9.17, 15) is 4.79 Å². The maximum atomic E-state index is 11.9. The van der Waals surface area contributed by atoms with Crippen molar-refractivity contribution in [1.82, 2.24) is 4.98 Å². The third-order valence-electron chi connectivity index (χ3n) is 2.28. The van der Waals surface area contributed by atoms with Gasteiger partial charge in [0.25, 0.3) is 0 Å². The number of hydrogen-bond donors (Lipinski definition) is 1. The molecule has 0 unspecified atom stereocenters. The van der Waals surface area contributed by atoms with Crippen LogP contribution in [0.3, 0.4) is 0 Å². The van der Waals surface area contributed by atoms with Gasteiger partial charge in [-0.15, -0.1) is 0 Å². The molecule has 0 radical (unpaired) electrons. The summed E-state index contributed by atoms with van der Waals surface area (Å²) in [5.41, 5.74) is 5.56. The molecule has 0 atom stereocenters. The fraction of sp³-hybridized carbons (Fsp3) is 0.455. The number of hydrogen-bond acceptors (Lipinski definition) is 3. The molecule has 0 aliphatic carbocycles. The standard InChI is InChI=1S/C11H16N2O/c1-11(2,6-7-12)10(14)9-5-3-4-8-13-9/h3-5,8H,6-7,12H2,1-2H3. The van der Waals surface area contributed by atoms with Crippen molar-refractivity contribution in [2.45, 2.75) is 20.3 Å². The van der Waals surface area contributed by atoms with Gasteiger partial charge in [0.05, 0.1) is 0 Å². The fourth-order valence-corrected chi connectivity index (χ4v) is 1.32. The van der Waals surface area contributed by atoms with Gasteiger partial charge >= 0.3 is 0 Å². The van der Waals surface area contributed by atoms with E-state index >= 15 is 0 Å². The SMILES string of the molecule is CC(C)(CCN)C(=O)c1ccccn1. The molecule has 2 N–H and O–H groups in total. The van der Waals surface area contributed by atoms with Crippen LogP contribution in [0, 0.1) is 5.41 Å². The Morgan fingerprint density at radius 1 is 1.50 bits per heavy atom. The number of Topliss-reactive ketones (excluding diaryl/α,β-unsaturated/α-hetero) is 1. The number of nitrogens with zero attached hydrogens (tertiary/aromatic N) is 1. The van der Waals surface area contributed by atoms with E-state index in [2.05, 4.69) is 4.98 Å². The molecule has 0 spiro atoms. The molecule has 14 heavy (non-hydrogen) atoms. The van der Waals surface area contributed by atoms with Gasteiger partial charge in [-0.2, -0.15) is 0 Å². The Hall–Kier alpha value is -1.22. The summed E-state index contributed by atoms with van der Waals surface area (Å²) in [4.78, 5) is 16.0. The van der Waals surface area contributed by atoms with E-state index < -0.39 is 5.41 Å². The number of carbonyl (C=O) groups is 1. The lowest BCUT2D eigenvalue weighted by atomic mass is 9.83. The summed E-state index contributed by atoms with van der Waals surface area (Å²) in [6, 6.07) is 5.35. The van der Waals surface area contributed by atoms with E-state index in [1.165, 1.54) is 0 Å². The molecule has 76 valence electrons. The summed E-state index contributed by atoms with van der Waals surface area (Å²) in [5.74, 6) is 0.0588. The maximum absolute atomic E-state index is 11.9. The third-order valence-corrected chi connectivity index (χ3v) is 2.28. The Balaban J connectivity index is 2.85. The van der Waals surface area contributed by atoms with Gasteiger partial charge in [0.2, 0.25) is 0 Å². The fourth-order valence-electron chi connectivity index (χ4n) is 1.32. The van der Waals surface area contributed by atoms with Gasteiger partial charge in [-0.1, -0.05) is 19.9 Å². The molecule has 0 bridgehead atoms. The summed E-state index contributed by atoms with van der Waals surface area (Å²) in [5, 5.41) is 0. The Morgan fingerprint density at radius 2 is 2.21 bits per heavy atom. The number of aromatic nitrogens is 1. The van der Waals surface area contributed by atoms with Crippen LogP contribution in [0.25, 0.3) is 0 Å². The first-order chi connectivity index (χ1) is 6.58. The first kappa shape index (κ1) is 10.9. The van der Waals surface area contributed by atoms with E-state index in [0.717, 1.165) is 0 Å². The molecule has 3 heteroatoms. The highest BCUT2D eigenvalue weighted by Crippen LogP contribution is 2.24. The molecule has 0 amide bonds. The molecule has 0 aliphatic heterocycles. The summed E-state index contributed by atoms with van der Waals surface area (Å²) in [6.07, 6.45) is 2.31. The molecule has 1 aromatic rings. The molecular weight excluding hydrogens is 176 g/mol. The first-order valence-electron chi connectivity index (χ1n) is 4.74. The number of pyridine rings is 1. The van der Waals surface area contributed by atoms with Crippen LogP contribution in [0.4, 0.5) is 0 Å². The molecule has 0 fully saturated rings. The summed E-state index contributed by atoms with van der Waals surface area (Å²) >= 11 is 0. The molecule has 1 aromatic heterocycles. The van der Waals surface area contributed by atoms with E-state index in [4.69, 9.17) is 5.73 Å². The number of carbonyl (C=O) groups excluding carboxylic acids is 1. The van der Waals surface area contributed by atoms with E-state index in [1.54, 1.807) is 18.3 Å². The third kappa shape index (κ3) is 2.39. The number of nitrogens with two attached hydrogens (primary N) is 1. The van der Waals surface area contributed by atoms with Crippen molar-refractivity contribution in [1.29, 1.82) is 0 Å². The van der Waals surface area contributed by atoms with Crippen LogP contribution in [-0.4, -0.2) is 17.3 Å². The van der Waals surface area contributed by atoms with Crippen LogP contribution in [0.15, 0.2) is 24.4 Å². The average Bonchev–Trinajstić information content (AvgIpc) is 2.18. The van der Waals surface area contributed by atoms with E-state index in [0.29, 0.717) is 18.7 Å². The lowest BCUT2D eigenvalue weighted by Crippen LogP contribution is -2.27. The highest BCUT2D eigenvalue weighted by molar-refractivity contribution is 5.98. The molecule has 0 saturated carbocycles. The van der Waals surface area contributed by atoms with Crippen molar-refractivity contribution in [3.8, 4) is 0 Å². The Kier molecular flexibility index (Phi) is 3.36. The Morgan fingerprint density at radius 3 is 2.71 bits per heavy atom. The quantitative estimate of drug-likeness (QED) is 0.738. The second-order valence-corrected chi connectivity index (χ2v) is 3.97. The zero-order valence-corrected chi connectivity index (χ0v) is 8.66. The molecule has 3 nitrogen and oxygen atoms in total. The Bertz CT molecular complexity index is 306. The van der Waals surface area contributed by atoms with Gasteiger partial charge in [-0.25, -0.2) is 0 Å². The van der Waals surface area contributed by atoms with Crippen LogP contribution in [0.1, 0.15) is 30.8 Å². The van der Waals surface area contributed by atoms with Crippen LogP contribution < -0.4 is 5.73 Å². The topological polar surface area (TPSA) is 56.0 Å². The van der Waals surface area contributed by atoms with Crippen LogP contribution in [0.2, 0.25) is 0 Å². The van der Waals surface area contributed by atoms with Crippen LogP contribution in [0.5, 0.6) is 0 Å². The normalized spacial score (nSPS) is 11.4. The van der Waals surface area contributed by atoms with E-state index in [-0.39, 0.29) is 5.78 Å². The summed E-state index contributed by atoms with van der Waals surface area (Å²) in [7, 11) is 0. The average molecular weight is 192 g/mol. The molecule has 0 saturated heterocycles. The predicted octanol–water partition coefficient (Wildman–Crippen LogP) is 1.64.